The van der Waals surface area contributed by atoms with E-state index in [2.05, 4.69) is 0 Å². The van der Waals surface area contributed by atoms with E-state index in [4.69, 9.17) is 22.3 Å². The summed E-state index contributed by atoms with van der Waals surface area (Å²) in [5.41, 5.74) is 0. The van der Waals surface area contributed by atoms with Gasteiger partial charge in [-0.1, -0.05) is 17.7 Å². The van der Waals surface area contributed by atoms with Gasteiger partial charge in [-0.15, -0.1) is 0 Å². The average molecular weight is 249 g/mol. The highest BCUT2D eigenvalue weighted by atomic mass is 35.7. The molecule has 0 aromatic heterocycles. The van der Waals surface area contributed by atoms with Gasteiger partial charge in [-0.3, -0.25) is 0 Å². The van der Waals surface area contributed by atoms with Crippen LogP contribution in [0, 0.1) is 0 Å². The molecule has 13 heavy (non-hydrogen) atoms. The van der Waals surface area contributed by atoms with Crippen molar-refractivity contribution in [2.24, 2.45) is 0 Å². The molecule has 7 heteroatoms. The number of allylic oxidation sites excluding steroid dienone is 2. The highest BCUT2D eigenvalue weighted by Gasteiger charge is 2.34. The largest absolute Gasteiger partial charge is 0.245 e. The lowest BCUT2D eigenvalue weighted by atomic mass is 10.1. The maximum Gasteiger partial charge on any atom is 0.245 e. The molecule has 0 aliphatic heterocycles. The Kier molecular flexibility index (Phi) is 2.71. The highest BCUT2D eigenvalue weighted by Crippen LogP contribution is 2.32. The minimum absolute atomic E-state index is 0.360. The van der Waals surface area contributed by atoms with E-state index >= 15 is 0 Å². The van der Waals surface area contributed by atoms with Gasteiger partial charge in [-0.25, -0.2) is 17.2 Å². The minimum atomic E-state index is -4.11. The quantitative estimate of drug-likeness (QED) is 0.405. The van der Waals surface area contributed by atoms with Gasteiger partial charge in [0.05, 0.1) is 0 Å². The summed E-state index contributed by atoms with van der Waals surface area (Å²) in [6.07, 6.45) is 1.85. The van der Waals surface area contributed by atoms with Gasteiger partial charge < -0.3 is 0 Å². The van der Waals surface area contributed by atoms with E-state index in [1.165, 1.54) is 0 Å². The van der Waals surface area contributed by atoms with Crippen molar-refractivity contribution in [3.63, 3.8) is 0 Å². The number of hydrogen-bond acceptors (Lipinski definition) is 2. The van der Waals surface area contributed by atoms with Gasteiger partial charge in [0.25, 0.3) is 0 Å². The Hall–Kier alpha value is -0.130. The van der Waals surface area contributed by atoms with Crippen LogP contribution < -0.4 is 0 Å². The Bertz CT molecular complexity index is 372. The first-order valence-corrected chi connectivity index (χ1v) is 5.86. The molecule has 2 atom stereocenters. The zero-order valence-electron chi connectivity index (χ0n) is 6.05. The van der Waals surface area contributed by atoms with Crippen molar-refractivity contribution in [2.75, 3.05) is 0 Å². The standard InChI is InChI=1S/C6H4Cl2F2O2S/c7-6(10)2-1-5(4(9)3-6)13(8,11)12/h1-3,5H. The third kappa shape index (κ3) is 2.65. The van der Waals surface area contributed by atoms with E-state index < -0.39 is 25.3 Å². The fraction of sp³-hybridized carbons (Fsp3) is 0.333. The monoisotopic (exact) mass is 248 g/mol. The second-order valence-electron chi connectivity index (χ2n) is 2.46. The lowest BCUT2D eigenvalue weighted by Crippen LogP contribution is -2.22. The number of hydrogen-bond donors (Lipinski definition) is 0. The van der Waals surface area contributed by atoms with Crippen LogP contribution in [0.5, 0.6) is 0 Å². The van der Waals surface area contributed by atoms with Crippen molar-refractivity contribution >= 4 is 31.3 Å². The topological polar surface area (TPSA) is 34.1 Å². The van der Waals surface area contributed by atoms with Gasteiger partial charge in [0.15, 0.2) is 0 Å². The second kappa shape index (κ2) is 3.22. The van der Waals surface area contributed by atoms with Crippen molar-refractivity contribution in [1.29, 1.82) is 0 Å². The molecule has 0 amide bonds. The molecule has 0 heterocycles. The highest BCUT2D eigenvalue weighted by molar-refractivity contribution is 8.14. The molecule has 0 aromatic carbocycles. The first-order valence-electron chi connectivity index (χ1n) is 3.11. The maximum atomic E-state index is 12.9. The maximum absolute atomic E-state index is 12.9. The first kappa shape index (κ1) is 10.9. The third-order valence-corrected chi connectivity index (χ3v) is 3.20. The molecule has 2 nitrogen and oxygen atoms in total. The van der Waals surface area contributed by atoms with E-state index in [1.807, 2.05) is 0 Å². The second-order valence-corrected chi connectivity index (χ2v) is 5.79. The van der Waals surface area contributed by atoms with Crippen LogP contribution in [0.4, 0.5) is 8.78 Å². The van der Waals surface area contributed by atoms with Gasteiger partial charge in [-0.05, 0) is 6.08 Å². The van der Waals surface area contributed by atoms with Gasteiger partial charge in [0, 0.05) is 16.8 Å². The lowest BCUT2D eigenvalue weighted by molar-refractivity contribution is 0.400. The van der Waals surface area contributed by atoms with Crippen molar-refractivity contribution in [3.8, 4) is 0 Å². The summed E-state index contributed by atoms with van der Waals surface area (Å²) in [5, 5.41) is -4.11. The molecule has 0 saturated carbocycles. The molecule has 0 bridgehead atoms. The van der Waals surface area contributed by atoms with E-state index in [-0.39, 0.29) is 0 Å². The summed E-state index contributed by atoms with van der Waals surface area (Å²) >= 11 is 5.07. The fourth-order valence-electron chi connectivity index (χ4n) is 0.850. The number of alkyl halides is 2. The van der Waals surface area contributed by atoms with Gasteiger partial charge in [0.1, 0.15) is 11.1 Å². The molecule has 1 rings (SSSR count). The Morgan fingerprint density at radius 2 is 2.08 bits per heavy atom. The van der Waals surface area contributed by atoms with Crippen molar-refractivity contribution in [3.05, 3.63) is 24.1 Å². The van der Waals surface area contributed by atoms with Crippen LogP contribution in [0.3, 0.4) is 0 Å². The summed E-state index contributed by atoms with van der Waals surface area (Å²) in [6.45, 7) is 0. The molecular formula is C6H4Cl2F2O2S. The Balaban J connectivity index is 3.07. The predicted molar refractivity (Wildman–Crippen MR) is 46.6 cm³/mol. The molecule has 1 aliphatic carbocycles. The van der Waals surface area contributed by atoms with Crippen molar-refractivity contribution in [2.45, 2.75) is 10.4 Å². The van der Waals surface area contributed by atoms with E-state index in [0.717, 1.165) is 12.2 Å². The van der Waals surface area contributed by atoms with Crippen LogP contribution in [0.1, 0.15) is 0 Å². The summed E-state index contributed by atoms with van der Waals surface area (Å²) in [5.74, 6) is -1.21. The molecule has 0 radical (unpaired) electrons. The van der Waals surface area contributed by atoms with E-state index in [0.29, 0.717) is 6.08 Å². The Morgan fingerprint density at radius 1 is 1.54 bits per heavy atom. The predicted octanol–water partition coefficient (Wildman–Crippen LogP) is 2.25. The summed E-state index contributed by atoms with van der Waals surface area (Å²) < 4.78 is 47.0. The number of rotatable bonds is 1. The zero-order valence-corrected chi connectivity index (χ0v) is 8.37. The lowest BCUT2D eigenvalue weighted by Gasteiger charge is -2.16. The Labute approximate surface area is 83.2 Å². The molecule has 0 fully saturated rings. The van der Waals surface area contributed by atoms with E-state index in [9.17, 15) is 17.2 Å². The smallest absolute Gasteiger partial charge is 0.217 e. The molecule has 1 aliphatic rings. The van der Waals surface area contributed by atoms with Crippen molar-refractivity contribution < 1.29 is 17.2 Å². The molecule has 2 unspecified atom stereocenters. The fourth-order valence-corrected chi connectivity index (χ4v) is 2.06. The van der Waals surface area contributed by atoms with E-state index in [1.54, 1.807) is 0 Å². The molecule has 0 saturated heterocycles. The SMILES string of the molecule is O=S(=O)(Cl)C1C=CC(F)(Cl)C=C1F. The van der Waals surface area contributed by atoms with Crippen LogP contribution in [-0.2, 0) is 9.05 Å². The molecule has 74 valence electrons. The summed E-state index contributed by atoms with van der Waals surface area (Å²) in [6, 6.07) is 0. The third-order valence-electron chi connectivity index (χ3n) is 1.40. The van der Waals surface area contributed by atoms with Crippen LogP contribution in [0.15, 0.2) is 24.1 Å². The Morgan fingerprint density at radius 3 is 2.46 bits per heavy atom. The number of halogens is 4. The van der Waals surface area contributed by atoms with Crippen LogP contribution in [-0.4, -0.2) is 18.8 Å². The summed E-state index contributed by atoms with van der Waals surface area (Å²) in [7, 11) is 0.766. The molecule has 0 aromatic rings. The molecular weight excluding hydrogens is 245 g/mol. The van der Waals surface area contributed by atoms with Gasteiger partial charge >= 0.3 is 0 Å². The molecule has 0 spiro atoms. The zero-order chi connectivity index (χ0) is 10.3. The van der Waals surface area contributed by atoms with Gasteiger partial charge in [0.2, 0.25) is 14.2 Å². The normalized spacial score (nSPS) is 34.5. The average Bonchev–Trinajstić information content (AvgIpc) is 1.80. The van der Waals surface area contributed by atoms with Crippen LogP contribution >= 0.6 is 22.3 Å². The summed E-state index contributed by atoms with van der Waals surface area (Å²) in [4.78, 5) is 0. The minimum Gasteiger partial charge on any atom is -0.217 e. The first-order chi connectivity index (χ1) is 5.72. The molecule has 0 N–H and O–H groups in total. The van der Waals surface area contributed by atoms with Crippen LogP contribution in [0.25, 0.3) is 0 Å². The van der Waals surface area contributed by atoms with Crippen molar-refractivity contribution in [1.82, 2.24) is 0 Å². The van der Waals surface area contributed by atoms with Gasteiger partial charge in [-0.2, -0.15) is 0 Å². The van der Waals surface area contributed by atoms with Crippen LogP contribution in [0.2, 0.25) is 0 Å².